The first-order chi connectivity index (χ1) is 7.36. The molecule has 0 atom stereocenters. The van der Waals surface area contributed by atoms with Gasteiger partial charge in [-0.05, 0) is 12.8 Å². The lowest BCUT2D eigenvalue weighted by Crippen LogP contribution is -2.35. The van der Waals surface area contributed by atoms with Crippen molar-refractivity contribution in [2.75, 3.05) is 39.9 Å². The molecule has 0 saturated heterocycles. The highest BCUT2D eigenvalue weighted by Gasteiger charge is 2.19. The normalized spacial score (nSPS) is 15.5. The maximum absolute atomic E-state index is 8.54. The Morgan fingerprint density at radius 3 is 2.80 bits per heavy atom. The average Bonchev–Trinajstić information content (AvgIpc) is 3.05. The fourth-order valence-electron chi connectivity index (χ4n) is 1.48. The molecule has 1 aliphatic rings. The van der Waals surface area contributed by atoms with Crippen LogP contribution in [0.2, 0.25) is 0 Å². The van der Waals surface area contributed by atoms with Gasteiger partial charge in [-0.2, -0.15) is 5.26 Å². The van der Waals surface area contributed by atoms with Crippen molar-refractivity contribution in [1.82, 2.24) is 10.2 Å². The SMILES string of the molecule is COCCN(CCC#N)CCNC1CC1. The Morgan fingerprint density at radius 1 is 1.40 bits per heavy atom. The Hall–Kier alpha value is -0.630. The van der Waals surface area contributed by atoms with Crippen molar-refractivity contribution < 1.29 is 4.74 Å². The third-order valence-electron chi connectivity index (χ3n) is 2.59. The molecule has 1 N–H and O–H groups in total. The van der Waals surface area contributed by atoms with Gasteiger partial charge in [0.1, 0.15) is 0 Å². The molecule has 0 radical (unpaired) electrons. The van der Waals surface area contributed by atoms with E-state index in [0.29, 0.717) is 6.42 Å². The van der Waals surface area contributed by atoms with Crippen molar-refractivity contribution in [2.24, 2.45) is 0 Å². The van der Waals surface area contributed by atoms with E-state index in [1.165, 1.54) is 12.8 Å². The highest BCUT2D eigenvalue weighted by atomic mass is 16.5. The number of nitrogens with zero attached hydrogens (tertiary/aromatic N) is 2. The van der Waals surface area contributed by atoms with Gasteiger partial charge >= 0.3 is 0 Å². The Kier molecular flexibility index (Phi) is 6.33. The molecule has 1 aliphatic carbocycles. The fraction of sp³-hybridized carbons (Fsp3) is 0.909. The second-order valence-corrected chi connectivity index (χ2v) is 3.97. The van der Waals surface area contributed by atoms with E-state index in [-0.39, 0.29) is 0 Å². The highest BCUT2D eigenvalue weighted by Crippen LogP contribution is 2.17. The predicted octanol–water partition coefficient (Wildman–Crippen LogP) is 0.600. The van der Waals surface area contributed by atoms with Gasteiger partial charge < -0.3 is 10.1 Å². The summed E-state index contributed by atoms with van der Waals surface area (Å²) in [6, 6.07) is 2.95. The molecule has 0 amide bonds. The number of ether oxygens (including phenoxy) is 1. The predicted molar refractivity (Wildman–Crippen MR) is 59.6 cm³/mol. The van der Waals surface area contributed by atoms with Crippen LogP contribution in [0.5, 0.6) is 0 Å². The van der Waals surface area contributed by atoms with Gasteiger partial charge in [-0.3, -0.25) is 4.90 Å². The van der Waals surface area contributed by atoms with Crippen molar-refractivity contribution in [2.45, 2.75) is 25.3 Å². The van der Waals surface area contributed by atoms with Crippen molar-refractivity contribution in [3.63, 3.8) is 0 Å². The second kappa shape index (κ2) is 7.63. The van der Waals surface area contributed by atoms with Gasteiger partial charge in [0, 0.05) is 45.8 Å². The molecule has 86 valence electrons. The molecular weight excluding hydrogens is 190 g/mol. The van der Waals surface area contributed by atoms with Crippen LogP contribution >= 0.6 is 0 Å². The van der Waals surface area contributed by atoms with E-state index in [0.717, 1.165) is 38.8 Å². The standard InChI is InChI=1S/C11H21N3O/c1-15-10-9-14(7-2-5-12)8-6-13-11-3-4-11/h11,13H,2-4,6-10H2,1H3. The second-order valence-electron chi connectivity index (χ2n) is 3.97. The zero-order valence-corrected chi connectivity index (χ0v) is 9.54. The molecule has 4 heteroatoms. The lowest BCUT2D eigenvalue weighted by atomic mass is 10.4. The van der Waals surface area contributed by atoms with E-state index in [4.69, 9.17) is 10.00 Å². The molecular formula is C11H21N3O. The summed E-state index contributed by atoms with van der Waals surface area (Å²) in [6.07, 6.45) is 3.26. The maximum atomic E-state index is 8.54. The number of hydrogen-bond acceptors (Lipinski definition) is 4. The topological polar surface area (TPSA) is 48.3 Å². The molecule has 1 fully saturated rings. The molecule has 0 aromatic carbocycles. The van der Waals surface area contributed by atoms with Crippen LogP contribution in [-0.4, -0.2) is 50.8 Å². The first kappa shape index (κ1) is 12.4. The van der Waals surface area contributed by atoms with Gasteiger partial charge in [0.25, 0.3) is 0 Å². The summed E-state index contributed by atoms with van der Waals surface area (Å²) in [5, 5.41) is 12.0. The quantitative estimate of drug-likeness (QED) is 0.607. The Labute approximate surface area is 92.2 Å². The molecule has 0 spiro atoms. The number of nitriles is 1. The van der Waals surface area contributed by atoms with Crippen molar-refractivity contribution in [3.8, 4) is 6.07 Å². The largest absolute Gasteiger partial charge is 0.383 e. The monoisotopic (exact) mass is 211 g/mol. The lowest BCUT2D eigenvalue weighted by Gasteiger charge is -2.20. The minimum atomic E-state index is 0.604. The Morgan fingerprint density at radius 2 is 2.20 bits per heavy atom. The van der Waals surface area contributed by atoms with Crippen LogP contribution in [0.15, 0.2) is 0 Å². The van der Waals surface area contributed by atoms with Gasteiger partial charge in [0.2, 0.25) is 0 Å². The van der Waals surface area contributed by atoms with Crippen molar-refractivity contribution in [1.29, 1.82) is 5.26 Å². The lowest BCUT2D eigenvalue weighted by molar-refractivity contribution is 0.149. The van der Waals surface area contributed by atoms with Crippen LogP contribution in [-0.2, 0) is 4.74 Å². The van der Waals surface area contributed by atoms with E-state index < -0.39 is 0 Å². The summed E-state index contributed by atoms with van der Waals surface area (Å²) >= 11 is 0. The van der Waals surface area contributed by atoms with Crippen LogP contribution in [0.3, 0.4) is 0 Å². The van der Waals surface area contributed by atoms with Gasteiger partial charge in [-0.15, -0.1) is 0 Å². The first-order valence-corrected chi connectivity index (χ1v) is 5.68. The molecule has 1 rings (SSSR count). The van der Waals surface area contributed by atoms with Crippen molar-refractivity contribution in [3.05, 3.63) is 0 Å². The molecule has 0 aromatic heterocycles. The molecule has 4 nitrogen and oxygen atoms in total. The van der Waals surface area contributed by atoms with E-state index in [1.54, 1.807) is 7.11 Å². The fourth-order valence-corrected chi connectivity index (χ4v) is 1.48. The van der Waals surface area contributed by atoms with Crippen molar-refractivity contribution >= 4 is 0 Å². The zero-order chi connectivity index (χ0) is 10.9. The number of hydrogen-bond donors (Lipinski definition) is 1. The van der Waals surface area contributed by atoms with Crippen LogP contribution in [0.25, 0.3) is 0 Å². The molecule has 15 heavy (non-hydrogen) atoms. The third kappa shape index (κ3) is 6.45. The summed E-state index contributed by atoms with van der Waals surface area (Å²) in [6.45, 7) is 4.56. The first-order valence-electron chi connectivity index (χ1n) is 5.68. The number of methoxy groups -OCH3 is 1. The van der Waals surface area contributed by atoms with Gasteiger partial charge in [0.15, 0.2) is 0 Å². The highest BCUT2D eigenvalue weighted by molar-refractivity contribution is 4.81. The van der Waals surface area contributed by atoms with Crippen LogP contribution in [0.1, 0.15) is 19.3 Å². The Bertz CT molecular complexity index is 198. The van der Waals surface area contributed by atoms with Crippen LogP contribution < -0.4 is 5.32 Å². The van der Waals surface area contributed by atoms with E-state index in [1.807, 2.05) is 0 Å². The summed E-state index contributed by atoms with van der Waals surface area (Å²) < 4.78 is 5.05. The summed E-state index contributed by atoms with van der Waals surface area (Å²) in [5.41, 5.74) is 0. The van der Waals surface area contributed by atoms with Crippen LogP contribution in [0, 0.1) is 11.3 Å². The Balaban J connectivity index is 2.05. The van der Waals surface area contributed by atoms with E-state index >= 15 is 0 Å². The smallest absolute Gasteiger partial charge is 0.0635 e. The molecule has 0 aromatic rings. The molecule has 0 aliphatic heterocycles. The van der Waals surface area contributed by atoms with Gasteiger partial charge in [0.05, 0.1) is 12.7 Å². The number of rotatable bonds is 9. The van der Waals surface area contributed by atoms with Gasteiger partial charge in [-0.1, -0.05) is 0 Å². The summed E-state index contributed by atoms with van der Waals surface area (Å²) in [4.78, 5) is 2.28. The summed E-state index contributed by atoms with van der Waals surface area (Å²) in [7, 11) is 1.71. The maximum Gasteiger partial charge on any atom is 0.0635 e. The molecule has 0 bridgehead atoms. The van der Waals surface area contributed by atoms with E-state index in [2.05, 4.69) is 16.3 Å². The minimum Gasteiger partial charge on any atom is -0.383 e. The zero-order valence-electron chi connectivity index (χ0n) is 9.54. The third-order valence-corrected chi connectivity index (χ3v) is 2.59. The molecule has 0 unspecified atom stereocenters. The van der Waals surface area contributed by atoms with E-state index in [9.17, 15) is 0 Å². The summed E-state index contributed by atoms with van der Waals surface area (Å²) in [5.74, 6) is 0. The number of nitrogens with one attached hydrogen (secondary N) is 1. The minimum absolute atomic E-state index is 0.604. The molecule has 1 saturated carbocycles. The van der Waals surface area contributed by atoms with Crippen LogP contribution in [0.4, 0.5) is 0 Å². The average molecular weight is 211 g/mol. The molecule has 0 heterocycles. The van der Waals surface area contributed by atoms with Gasteiger partial charge in [-0.25, -0.2) is 0 Å².